The van der Waals surface area contributed by atoms with Gasteiger partial charge in [0.05, 0.1) is 17.0 Å². The number of nitrogens with one attached hydrogen (secondary N) is 1. The van der Waals surface area contributed by atoms with Gasteiger partial charge in [0.2, 0.25) is 0 Å². The Bertz CT molecular complexity index is 1180. The average molecular weight is 459 g/mol. The van der Waals surface area contributed by atoms with Crippen molar-refractivity contribution in [1.82, 2.24) is 14.9 Å². The van der Waals surface area contributed by atoms with Crippen LogP contribution in [0.5, 0.6) is 0 Å². The van der Waals surface area contributed by atoms with Gasteiger partial charge in [-0.25, -0.2) is 0 Å². The standard InChI is InChI=1S/C25H29F3N4O/c1-14-10-19-21(11-15(14)2)32(18-6-4-5-7-18)23(22(19)24(29)33)20-9-8-17(13-31-20)12-30-16(3)25(26,27)28/h8-11,13,16,18,30H,4-7,12H2,1-3H3,(H2,29,33). The summed E-state index contributed by atoms with van der Waals surface area (Å²) >= 11 is 0. The second-order valence-corrected chi connectivity index (χ2v) is 9.05. The first-order valence-corrected chi connectivity index (χ1v) is 11.3. The summed E-state index contributed by atoms with van der Waals surface area (Å²) in [5.41, 5.74) is 11.4. The lowest BCUT2D eigenvalue weighted by atomic mass is 10.0. The highest BCUT2D eigenvalue weighted by Crippen LogP contribution is 2.41. The Kier molecular flexibility index (Phi) is 6.22. The van der Waals surface area contributed by atoms with Crippen LogP contribution in [-0.4, -0.2) is 27.7 Å². The molecule has 1 saturated carbocycles. The number of aryl methyl sites for hydroxylation is 2. The molecule has 0 saturated heterocycles. The van der Waals surface area contributed by atoms with E-state index in [1.165, 1.54) is 0 Å². The number of hydrogen-bond donors (Lipinski definition) is 2. The molecule has 176 valence electrons. The van der Waals surface area contributed by atoms with Gasteiger partial charge in [-0.1, -0.05) is 18.9 Å². The Hall–Kier alpha value is -2.87. The van der Waals surface area contributed by atoms with Crippen molar-refractivity contribution in [3.8, 4) is 11.4 Å². The van der Waals surface area contributed by atoms with Crippen LogP contribution in [0.2, 0.25) is 0 Å². The largest absolute Gasteiger partial charge is 0.403 e. The van der Waals surface area contributed by atoms with Gasteiger partial charge in [-0.15, -0.1) is 0 Å². The molecule has 4 rings (SSSR count). The normalized spacial score (nSPS) is 15.9. The highest BCUT2D eigenvalue weighted by molar-refractivity contribution is 6.12. The van der Waals surface area contributed by atoms with E-state index in [-0.39, 0.29) is 12.6 Å². The molecule has 2 aromatic heterocycles. The lowest BCUT2D eigenvalue weighted by Gasteiger charge is -2.19. The smallest absolute Gasteiger partial charge is 0.366 e. The monoisotopic (exact) mass is 458 g/mol. The van der Waals surface area contributed by atoms with E-state index in [0.717, 1.165) is 54.6 Å². The summed E-state index contributed by atoms with van der Waals surface area (Å²) in [6, 6.07) is 6.26. The molecule has 5 nitrogen and oxygen atoms in total. The summed E-state index contributed by atoms with van der Waals surface area (Å²) < 4.78 is 40.6. The van der Waals surface area contributed by atoms with Crippen molar-refractivity contribution in [3.05, 3.63) is 52.7 Å². The van der Waals surface area contributed by atoms with E-state index >= 15 is 0 Å². The van der Waals surface area contributed by atoms with Crippen LogP contribution in [0.3, 0.4) is 0 Å². The molecule has 1 unspecified atom stereocenters. The molecule has 1 aliphatic carbocycles. The fraction of sp³-hybridized carbons (Fsp3) is 0.440. The second kappa shape index (κ2) is 8.82. The molecule has 1 atom stereocenters. The number of amides is 1. The number of nitrogens with two attached hydrogens (primary N) is 1. The van der Waals surface area contributed by atoms with Gasteiger partial charge in [0.25, 0.3) is 5.91 Å². The van der Waals surface area contributed by atoms with Crippen LogP contribution in [0, 0.1) is 13.8 Å². The van der Waals surface area contributed by atoms with Crippen molar-refractivity contribution in [3.63, 3.8) is 0 Å². The molecule has 0 radical (unpaired) electrons. The highest BCUT2D eigenvalue weighted by Gasteiger charge is 2.35. The molecule has 1 aliphatic rings. The fourth-order valence-corrected chi connectivity index (χ4v) is 4.67. The molecule has 8 heteroatoms. The second-order valence-electron chi connectivity index (χ2n) is 9.05. The van der Waals surface area contributed by atoms with E-state index in [2.05, 4.69) is 20.9 Å². The van der Waals surface area contributed by atoms with Crippen molar-refractivity contribution in [2.45, 2.75) is 71.3 Å². The molecule has 2 heterocycles. The number of carbonyl (C=O) groups excluding carboxylic acids is 1. The van der Waals surface area contributed by atoms with Crippen LogP contribution in [0.15, 0.2) is 30.5 Å². The van der Waals surface area contributed by atoms with Gasteiger partial charge in [-0.2, -0.15) is 13.2 Å². The third-order valence-electron chi connectivity index (χ3n) is 6.73. The lowest BCUT2D eigenvalue weighted by molar-refractivity contribution is -0.151. The first-order valence-electron chi connectivity index (χ1n) is 11.3. The number of hydrogen-bond acceptors (Lipinski definition) is 3. The number of fused-ring (bicyclic) bond motifs is 1. The number of nitrogens with zero attached hydrogens (tertiary/aromatic N) is 2. The molecule has 0 aliphatic heterocycles. The van der Waals surface area contributed by atoms with Crippen molar-refractivity contribution in [2.24, 2.45) is 5.73 Å². The van der Waals surface area contributed by atoms with Gasteiger partial charge in [0.1, 0.15) is 6.04 Å². The summed E-state index contributed by atoms with van der Waals surface area (Å²) in [5.74, 6) is -0.512. The van der Waals surface area contributed by atoms with Crippen molar-refractivity contribution in [1.29, 1.82) is 0 Å². The number of primary amides is 1. The van der Waals surface area contributed by atoms with Gasteiger partial charge < -0.3 is 15.6 Å². The maximum atomic E-state index is 12.8. The topological polar surface area (TPSA) is 72.9 Å². The molecule has 3 N–H and O–H groups in total. The molecule has 33 heavy (non-hydrogen) atoms. The van der Waals surface area contributed by atoms with Crippen LogP contribution in [0.25, 0.3) is 22.3 Å². The predicted octanol–water partition coefficient (Wildman–Crippen LogP) is 5.57. The maximum absolute atomic E-state index is 12.8. The predicted molar refractivity (Wildman–Crippen MR) is 123 cm³/mol. The molecule has 3 aromatic rings. The summed E-state index contributed by atoms with van der Waals surface area (Å²) in [5, 5.41) is 3.29. The lowest BCUT2D eigenvalue weighted by Crippen LogP contribution is -2.39. The zero-order valence-electron chi connectivity index (χ0n) is 19.1. The SMILES string of the molecule is Cc1cc2c(C(N)=O)c(-c3ccc(CNC(C)C(F)(F)F)cn3)n(C3CCCC3)c2cc1C. The van der Waals surface area contributed by atoms with Gasteiger partial charge in [-0.3, -0.25) is 9.78 Å². The molecule has 1 amide bonds. The van der Waals surface area contributed by atoms with E-state index in [1.807, 2.05) is 19.9 Å². The minimum atomic E-state index is -4.30. The van der Waals surface area contributed by atoms with Gasteiger partial charge in [0, 0.05) is 29.7 Å². The van der Waals surface area contributed by atoms with Crippen molar-refractivity contribution >= 4 is 16.8 Å². The summed E-state index contributed by atoms with van der Waals surface area (Å²) in [6.45, 7) is 5.19. The van der Waals surface area contributed by atoms with E-state index in [4.69, 9.17) is 5.73 Å². The van der Waals surface area contributed by atoms with Crippen molar-refractivity contribution in [2.75, 3.05) is 0 Å². The minimum Gasteiger partial charge on any atom is -0.366 e. The van der Waals surface area contributed by atoms with Crippen molar-refractivity contribution < 1.29 is 18.0 Å². The Labute approximate surface area is 191 Å². The average Bonchev–Trinajstić information content (AvgIpc) is 3.38. The number of carbonyl (C=O) groups is 1. The van der Waals surface area contributed by atoms with E-state index < -0.39 is 18.1 Å². The number of halogens is 3. The Morgan fingerprint density at radius 2 is 1.88 bits per heavy atom. The highest BCUT2D eigenvalue weighted by atomic mass is 19.4. The van der Waals surface area contributed by atoms with Crippen LogP contribution in [0.4, 0.5) is 13.2 Å². The fourth-order valence-electron chi connectivity index (χ4n) is 4.67. The molecular formula is C25H29F3N4O. The van der Waals surface area contributed by atoms with E-state index in [9.17, 15) is 18.0 Å². The number of alkyl halides is 3. The van der Waals surface area contributed by atoms with Gasteiger partial charge >= 0.3 is 6.18 Å². The Morgan fingerprint density at radius 3 is 2.45 bits per heavy atom. The number of aromatic nitrogens is 2. The Balaban J connectivity index is 1.80. The third kappa shape index (κ3) is 4.49. The number of rotatable bonds is 6. The third-order valence-corrected chi connectivity index (χ3v) is 6.73. The van der Waals surface area contributed by atoms with Gasteiger partial charge in [-0.05, 0) is 68.5 Å². The van der Waals surface area contributed by atoms with Crippen LogP contribution in [-0.2, 0) is 6.54 Å². The number of benzene rings is 1. The summed E-state index contributed by atoms with van der Waals surface area (Å²) in [6.07, 6.45) is 1.52. The summed E-state index contributed by atoms with van der Waals surface area (Å²) in [7, 11) is 0. The molecule has 1 aromatic carbocycles. The molecular weight excluding hydrogens is 429 g/mol. The zero-order chi connectivity index (χ0) is 23.9. The first-order chi connectivity index (χ1) is 15.6. The van der Waals surface area contributed by atoms with Crippen LogP contribution < -0.4 is 11.1 Å². The minimum absolute atomic E-state index is 0.0423. The van der Waals surface area contributed by atoms with E-state index in [0.29, 0.717) is 22.5 Å². The molecule has 0 spiro atoms. The number of pyridine rings is 1. The van der Waals surface area contributed by atoms with Crippen LogP contribution >= 0.6 is 0 Å². The quantitative estimate of drug-likeness (QED) is 0.507. The molecule has 1 fully saturated rings. The van der Waals surface area contributed by atoms with Gasteiger partial charge in [0.15, 0.2) is 0 Å². The molecule has 0 bridgehead atoms. The zero-order valence-corrected chi connectivity index (χ0v) is 19.1. The first kappa shape index (κ1) is 23.3. The van der Waals surface area contributed by atoms with Crippen LogP contribution in [0.1, 0.15) is 65.7 Å². The Morgan fingerprint density at radius 1 is 1.21 bits per heavy atom. The maximum Gasteiger partial charge on any atom is 0.403 e. The summed E-state index contributed by atoms with van der Waals surface area (Å²) in [4.78, 5) is 17.2. The van der Waals surface area contributed by atoms with E-state index in [1.54, 1.807) is 18.3 Å².